The zero-order valence-electron chi connectivity index (χ0n) is 23.8. The van der Waals surface area contributed by atoms with Gasteiger partial charge in [-0.1, -0.05) is 55.5 Å². The minimum Gasteiger partial charge on any atom is -0.481 e. The van der Waals surface area contributed by atoms with Gasteiger partial charge < -0.3 is 14.6 Å². The molecule has 3 aromatic rings. The van der Waals surface area contributed by atoms with Crippen molar-refractivity contribution >= 4 is 39.5 Å². The van der Waals surface area contributed by atoms with Gasteiger partial charge in [0.15, 0.2) is 0 Å². The third-order valence-electron chi connectivity index (χ3n) is 7.27. The van der Waals surface area contributed by atoms with Gasteiger partial charge in [0.25, 0.3) is 0 Å². The Hall–Kier alpha value is -3.41. The van der Waals surface area contributed by atoms with Crippen LogP contribution in [0, 0.1) is 16.2 Å². The molecule has 0 saturated heterocycles. The van der Waals surface area contributed by atoms with Crippen LogP contribution in [0.3, 0.4) is 0 Å². The Balaban J connectivity index is 2.12. The van der Waals surface area contributed by atoms with Crippen LogP contribution in [0.4, 0.5) is 0 Å². The molecule has 204 valence electrons. The third kappa shape index (κ3) is 6.17. The number of hydrogen-bond acceptors (Lipinski definition) is 5. The summed E-state index contributed by atoms with van der Waals surface area (Å²) in [5.74, 6) is -1.59. The molecule has 0 fully saturated rings. The summed E-state index contributed by atoms with van der Waals surface area (Å²) in [7, 11) is 0. The number of carboxylic acid groups (broad SMARTS) is 1. The molecule has 0 aliphatic carbocycles. The van der Waals surface area contributed by atoms with Crippen LogP contribution in [-0.2, 0) is 19.1 Å². The van der Waals surface area contributed by atoms with Gasteiger partial charge in [0.05, 0.1) is 16.2 Å². The summed E-state index contributed by atoms with van der Waals surface area (Å²) in [6.07, 6.45) is 0.467. The number of esters is 2. The molecule has 0 saturated carbocycles. The fraction of sp³-hybridized carbons (Fsp3) is 0.469. The van der Waals surface area contributed by atoms with Gasteiger partial charge in [-0.25, -0.2) is 0 Å². The highest BCUT2D eigenvalue weighted by molar-refractivity contribution is 6.06. The predicted octanol–water partition coefficient (Wildman–Crippen LogP) is 7.55. The summed E-state index contributed by atoms with van der Waals surface area (Å²) in [5, 5.41) is 13.3. The minimum absolute atomic E-state index is 0.0186. The van der Waals surface area contributed by atoms with Crippen LogP contribution < -0.4 is 4.74 Å². The van der Waals surface area contributed by atoms with Crippen LogP contribution in [0.2, 0.25) is 0 Å². The molecule has 3 aromatic carbocycles. The number of carbonyl (C=O) groups is 3. The topological polar surface area (TPSA) is 89.9 Å². The van der Waals surface area contributed by atoms with Gasteiger partial charge in [0.2, 0.25) is 0 Å². The largest absolute Gasteiger partial charge is 0.481 e. The van der Waals surface area contributed by atoms with Crippen LogP contribution in [0.1, 0.15) is 74.7 Å². The number of ether oxygens (including phenoxy) is 2. The van der Waals surface area contributed by atoms with E-state index in [0.29, 0.717) is 12.2 Å². The standard InChI is InChI=1S/C32H40O6/c1-9-31(7,28(36)38-29(2,3)4)20-32(8,19-30(5,6)26(33)34)27(35)37-25-23-16-12-10-14-21(23)18-22-15-11-13-17-24(22)25/h10-18H,9,19-20H2,1-8H3,(H,33,34). The molecule has 2 unspecified atom stereocenters. The Morgan fingerprint density at radius 2 is 1.24 bits per heavy atom. The number of hydrogen-bond donors (Lipinski definition) is 1. The number of carbonyl (C=O) groups excluding carboxylic acids is 2. The smallest absolute Gasteiger partial charge is 0.317 e. The van der Waals surface area contributed by atoms with Crippen molar-refractivity contribution in [3.05, 3.63) is 54.6 Å². The monoisotopic (exact) mass is 520 g/mol. The first-order chi connectivity index (χ1) is 17.5. The molecule has 0 radical (unpaired) electrons. The van der Waals surface area contributed by atoms with Gasteiger partial charge in [-0.2, -0.15) is 0 Å². The SMILES string of the molecule is CCC(C)(CC(C)(CC(C)(C)C(=O)O)C(=O)Oc1c2ccccc2cc2ccccc12)C(=O)OC(C)(C)C. The van der Waals surface area contributed by atoms with E-state index in [1.165, 1.54) is 0 Å². The summed E-state index contributed by atoms with van der Waals surface area (Å²) in [6.45, 7) is 13.9. The van der Waals surface area contributed by atoms with E-state index in [2.05, 4.69) is 0 Å². The molecule has 3 rings (SSSR count). The Morgan fingerprint density at radius 1 is 0.737 bits per heavy atom. The van der Waals surface area contributed by atoms with Crippen molar-refractivity contribution in [3.8, 4) is 5.75 Å². The average molecular weight is 521 g/mol. The maximum Gasteiger partial charge on any atom is 0.317 e. The van der Waals surface area contributed by atoms with Gasteiger partial charge >= 0.3 is 17.9 Å². The number of fused-ring (bicyclic) bond motifs is 2. The Bertz CT molecular complexity index is 1310. The van der Waals surface area contributed by atoms with E-state index in [4.69, 9.17) is 9.47 Å². The molecular weight excluding hydrogens is 480 g/mol. The maximum absolute atomic E-state index is 14.2. The lowest BCUT2D eigenvalue weighted by molar-refractivity contribution is -0.171. The number of rotatable bonds is 9. The molecule has 0 spiro atoms. The lowest BCUT2D eigenvalue weighted by atomic mass is 9.65. The van der Waals surface area contributed by atoms with E-state index in [1.54, 1.807) is 48.5 Å². The van der Waals surface area contributed by atoms with Crippen LogP contribution in [0.15, 0.2) is 54.6 Å². The molecule has 0 heterocycles. The van der Waals surface area contributed by atoms with Crippen molar-refractivity contribution in [1.29, 1.82) is 0 Å². The summed E-state index contributed by atoms with van der Waals surface area (Å²) >= 11 is 0. The fourth-order valence-corrected chi connectivity index (χ4v) is 5.16. The zero-order chi connectivity index (χ0) is 28.5. The first-order valence-corrected chi connectivity index (χ1v) is 13.1. The second-order valence-electron chi connectivity index (χ2n) is 12.6. The predicted molar refractivity (Wildman–Crippen MR) is 150 cm³/mol. The third-order valence-corrected chi connectivity index (χ3v) is 7.27. The molecule has 0 amide bonds. The highest BCUT2D eigenvalue weighted by Crippen LogP contribution is 2.47. The summed E-state index contributed by atoms with van der Waals surface area (Å²) in [4.78, 5) is 39.6. The second-order valence-corrected chi connectivity index (χ2v) is 12.6. The van der Waals surface area contributed by atoms with Gasteiger partial charge in [-0.15, -0.1) is 0 Å². The molecule has 6 nitrogen and oxygen atoms in total. The number of carboxylic acids is 1. The Labute approximate surface area is 225 Å². The molecule has 0 aliphatic rings. The van der Waals surface area contributed by atoms with Crippen LogP contribution in [-0.4, -0.2) is 28.6 Å². The highest BCUT2D eigenvalue weighted by Gasteiger charge is 2.50. The minimum atomic E-state index is -1.30. The lowest BCUT2D eigenvalue weighted by Crippen LogP contribution is -2.45. The second kappa shape index (κ2) is 10.4. The van der Waals surface area contributed by atoms with Crippen LogP contribution in [0.25, 0.3) is 21.5 Å². The molecule has 2 atom stereocenters. The van der Waals surface area contributed by atoms with Crippen molar-refractivity contribution in [3.63, 3.8) is 0 Å². The molecule has 6 heteroatoms. The summed E-state index contributed by atoms with van der Waals surface area (Å²) in [6, 6.07) is 17.4. The van der Waals surface area contributed by atoms with E-state index in [1.807, 2.05) is 61.5 Å². The first-order valence-electron chi connectivity index (χ1n) is 13.1. The Morgan fingerprint density at radius 3 is 1.68 bits per heavy atom. The van der Waals surface area contributed by atoms with Gasteiger partial charge in [-0.3, -0.25) is 14.4 Å². The number of benzene rings is 3. The van der Waals surface area contributed by atoms with E-state index < -0.39 is 39.8 Å². The lowest BCUT2D eigenvalue weighted by Gasteiger charge is -2.40. The van der Waals surface area contributed by atoms with E-state index in [-0.39, 0.29) is 12.8 Å². The first kappa shape index (κ1) is 29.2. The molecule has 38 heavy (non-hydrogen) atoms. The normalized spacial score (nSPS) is 15.5. The molecule has 0 bridgehead atoms. The molecule has 0 aromatic heterocycles. The van der Waals surface area contributed by atoms with Crippen molar-refractivity contribution in [2.75, 3.05) is 0 Å². The highest BCUT2D eigenvalue weighted by atomic mass is 16.6. The Kier molecular flexibility index (Phi) is 7.97. The molecular formula is C32H40O6. The van der Waals surface area contributed by atoms with E-state index in [9.17, 15) is 19.5 Å². The van der Waals surface area contributed by atoms with Crippen molar-refractivity contribution in [2.24, 2.45) is 16.2 Å². The maximum atomic E-state index is 14.2. The van der Waals surface area contributed by atoms with Crippen molar-refractivity contribution < 1.29 is 29.0 Å². The quantitative estimate of drug-likeness (QED) is 0.178. The number of aliphatic carboxylic acids is 1. The fourth-order valence-electron chi connectivity index (χ4n) is 5.16. The van der Waals surface area contributed by atoms with Gasteiger partial charge in [0, 0.05) is 10.8 Å². The summed E-state index contributed by atoms with van der Waals surface area (Å²) < 4.78 is 11.9. The zero-order valence-corrected chi connectivity index (χ0v) is 23.8. The van der Waals surface area contributed by atoms with Crippen LogP contribution >= 0.6 is 0 Å². The summed E-state index contributed by atoms with van der Waals surface area (Å²) in [5.41, 5.74) is -4.28. The van der Waals surface area contributed by atoms with E-state index >= 15 is 0 Å². The van der Waals surface area contributed by atoms with Crippen molar-refractivity contribution in [2.45, 2.75) is 80.3 Å². The van der Waals surface area contributed by atoms with Gasteiger partial charge in [-0.05, 0) is 84.6 Å². The van der Waals surface area contributed by atoms with Crippen LogP contribution in [0.5, 0.6) is 5.75 Å². The van der Waals surface area contributed by atoms with Gasteiger partial charge in [0.1, 0.15) is 11.4 Å². The molecule has 1 N–H and O–H groups in total. The van der Waals surface area contributed by atoms with E-state index in [0.717, 1.165) is 21.5 Å². The molecule has 0 aliphatic heterocycles. The van der Waals surface area contributed by atoms with Crippen molar-refractivity contribution in [1.82, 2.24) is 0 Å². The average Bonchev–Trinajstić information content (AvgIpc) is 2.82.